The summed E-state index contributed by atoms with van der Waals surface area (Å²) in [7, 11) is 3.15. The predicted molar refractivity (Wildman–Crippen MR) is 146 cm³/mol. The fourth-order valence-corrected chi connectivity index (χ4v) is 5.23. The van der Waals surface area contributed by atoms with Gasteiger partial charge in [0.2, 0.25) is 0 Å². The summed E-state index contributed by atoms with van der Waals surface area (Å²) < 4.78 is 16.5. The number of aryl methyl sites for hydroxylation is 2. The summed E-state index contributed by atoms with van der Waals surface area (Å²) in [6.45, 7) is 8.42. The highest BCUT2D eigenvalue weighted by Crippen LogP contribution is 2.30. The van der Waals surface area contributed by atoms with Gasteiger partial charge in [-0.05, 0) is 87.7 Å². The third-order valence-corrected chi connectivity index (χ3v) is 7.72. The second-order valence-corrected chi connectivity index (χ2v) is 11.1. The lowest BCUT2D eigenvalue weighted by molar-refractivity contribution is -0.141. The fraction of sp³-hybridized carbons (Fsp3) is 0.600. The molecule has 4 rings (SSSR count). The van der Waals surface area contributed by atoms with Crippen molar-refractivity contribution in [3.05, 3.63) is 53.2 Å². The Morgan fingerprint density at radius 2 is 2.11 bits per heavy atom. The van der Waals surface area contributed by atoms with Crippen LogP contribution < -0.4 is 10.1 Å². The van der Waals surface area contributed by atoms with Crippen LogP contribution in [0.2, 0.25) is 0 Å². The summed E-state index contributed by atoms with van der Waals surface area (Å²) >= 11 is 0. The van der Waals surface area contributed by atoms with Crippen LogP contribution in [0.1, 0.15) is 62.3 Å². The number of esters is 1. The van der Waals surface area contributed by atoms with Crippen molar-refractivity contribution in [2.75, 3.05) is 52.3 Å². The average Bonchev–Trinajstić information content (AvgIpc) is 3.37. The van der Waals surface area contributed by atoms with Crippen molar-refractivity contribution < 1.29 is 19.0 Å². The topological polar surface area (TPSA) is 72.9 Å². The molecule has 3 heterocycles. The van der Waals surface area contributed by atoms with Gasteiger partial charge in [0.15, 0.2) is 0 Å². The van der Waals surface area contributed by atoms with E-state index in [1.807, 2.05) is 26.0 Å². The lowest BCUT2D eigenvalue weighted by Crippen LogP contribution is -2.31. The molecule has 2 aliphatic heterocycles. The number of likely N-dealkylation sites (tertiary alicyclic amines) is 1. The molecule has 0 spiro atoms. The predicted octanol–water partition coefficient (Wildman–Crippen LogP) is 4.84. The van der Waals surface area contributed by atoms with Crippen LogP contribution in [0.4, 0.5) is 5.82 Å². The molecule has 1 aromatic heterocycles. The Morgan fingerprint density at radius 1 is 1.24 bits per heavy atom. The van der Waals surface area contributed by atoms with Gasteiger partial charge in [0, 0.05) is 38.4 Å². The maximum Gasteiger partial charge on any atom is 0.306 e. The van der Waals surface area contributed by atoms with Crippen LogP contribution in [0.3, 0.4) is 0 Å². The lowest BCUT2D eigenvalue weighted by atomic mass is 9.94. The molecule has 7 heteroatoms. The van der Waals surface area contributed by atoms with Crippen molar-refractivity contribution >= 4 is 11.8 Å². The zero-order valence-corrected chi connectivity index (χ0v) is 22.9. The molecule has 1 unspecified atom stereocenters. The molecular formula is C30H43N3O4. The van der Waals surface area contributed by atoms with Crippen molar-refractivity contribution in [3.63, 3.8) is 0 Å². The summed E-state index contributed by atoms with van der Waals surface area (Å²) in [6.07, 6.45) is 6.01. The molecule has 0 aliphatic carbocycles. The summed E-state index contributed by atoms with van der Waals surface area (Å²) in [4.78, 5) is 19.6. The van der Waals surface area contributed by atoms with Crippen molar-refractivity contribution in [2.24, 2.45) is 5.92 Å². The van der Waals surface area contributed by atoms with E-state index in [9.17, 15) is 4.79 Å². The van der Waals surface area contributed by atoms with Crippen LogP contribution in [0.25, 0.3) is 0 Å². The number of carbonyl (C=O) groups is 1. The molecule has 0 amide bonds. The van der Waals surface area contributed by atoms with Gasteiger partial charge in [-0.3, -0.25) is 4.79 Å². The molecule has 1 fully saturated rings. The van der Waals surface area contributed by atoms with Crippen molar-refractivity contribution in [1.82, 2.24) is 9.88 Å². The number of ether oxygens (including phenoxy) is 3. The summed E-state index contributed by atoms with van der Waals surface area (Å²) in [5.74, 6) is 2.40. The van der Waals surface area contributed by atoms with Gasteiger partial charge in [0.1, 0.15) is 18.2 Å². The van der Waals surface area contributed by atoms with E-state index in [0.717, 1.165) is 62.6 Å². The largest absolute Gasteiger partial charge is 0.491 e. The number of nitrogens with zero attached hydrogens (tertiary/aromatic N) is 2. The van der Waals surface area contributed by atoms with Gasteiger partial charge in [-0.2, -0.15) is 0 Å². The molecule has 7 nitrogen and oxygen atoms in total. The Bertz CT molecular complexity index is 1040. The highest BCUT2D eigenvalue weighted by Gasteiger charge is 2.27. The molecule has 2 aromatic rings. The molecule has 2 aliphatic rings. The van der Waals surface area contributed by atoms with Gasteiger partial charge in [0.05, 0.1) is 19.1 Å². The first-order chi connectivity index (χ1) is 17.8. The number of carbonyl (C=O) groups excluding carboxylic acids is 1. The molecule has 0 saturated carbocycles. The van der Waals surface area contributed by atoms with E-state index < -0.39 is 0 Å². The van der Waals surface area contributed by atoms with Crippen LogP contribution in [0, 0.1) is 5.92 Å². The number of anilines is 1. The fourth-order valence-electron chi connectivity index (χ4n) is 5.23. The van der Waals surface area contributed by atoms with Crippen molar-refractivity contribution in [3.8, 4) is 5.75 Å². The smallest absolute Gasteiger partial charge is 0.306 e. The monoisotopic (exact) mass is 509 g/mol. The van der Waals surface area contributed by atoms with Crippen LogP contribution in [-0.2, 0) is 27.1 Å². The molecule has 1 N–H and O–H groups in total. The molecule has 1 aromatic carbocycles. The Labute approximate surface area is 221 Å². The highest BCUT2D eigenvalue weighted by molar-refractivity contribution is 5.70. The maximum absolute atomic E-state index is 12.3. The number of fused-ring (bicyclic) bond motifs is 1. The Hall–Kier alpha value is -2.64. The van der Waals surface area contributed by atoms with E-state index in [2.05, 4.69) is 34.5 Å². The van der Waals surface area contributed by atoms with E-state index in [-0.39, 0.29) is 17.5 Å². The third-order valence-electron chi connectivity index (χ3n) is 7.72. The number of aromatic nitrogens is 1. The van der Waals surface area contributed by atoms with E-state index in [0.29, 0.717) is 18.9 Å². The number of pyridine rings is 1. The number of methoxy groups -OCH3 is 2. The van der Waals surface area contributed by atoms with E-state index in [1.165, 1.54) is 31.2 Å². The van der Waals surface area contributed by atoms with Gasteiger partial charge >= 0.3 is 5.97 Å². The van der Waals surface area contributed by atoms with Gasteiger partial charge in [0.25, 0.3) is 0 Å². The van der Waals surface area contributed by atoms with Crippen molar-refractivity contribution in [2.45, 2.75) is 63.9 Å². The average molecular weight is 510 g/mol. The summed E-state index contributed by atoms with van der Waals surface area (Å²) in [5.41, 5.74) is 3.27. The second kappa shape index (κ2) is 12.7. The molecule has 0 radical (unpaired) electrons. The van der Waals surface area contributed by atoms with Gasteiger partial charge in [-0.25, -0.2) is 4.98 Å². The normalized spacial score (nSPS) is 18.6. The first kappa shape index (κ1) is 27.4. The van der Waals surface area contributed by atoms with E-state index in [4.69, 9.17) is 19.2 Å². The molecule has 37 heavy (non-hydrogen) atoms. The van der Waals surface area contributed by atoms with E-state index in [1.54, 1.807) is 7.11 Å². The summed E-state index contributed by atoms with van der Waals surface area (Å²) in [6, 6.07) is 12.6. The van der Waals surface area contributed by atoms with Crippen LogP contribution in [0.5, 0.6) is 5.75 Å². The maximum atomic E-state index is 12.3. The van der Waals surface area contributed by atoms with Crippen LogP contribution >= 0.6 is 0 Å². The number of hydrogen-bond donors (Lipinski definition) is 1. The number of benzene rings is 1. The van der Waals surface area contributed by atoms with Gasteiger partial charge in [-0.15, -0.1) is 0 Å². The summed E-state index contributed by atoms with van der Waals surface area (Å²) in [5, 5.41) is 3.45. The van der Waals surface area contributed by atoms with E-state index >= 15 is 0 Å². The second-order valence-electron chi connectivity index (χ2n) is 11.1. The first-order valence-electron chi connectivity index (χ1n) is 13.6. The van der Waals surface area contributed by atoms with Crippen LogP contribution in [0.15, 0.2) is 36.4 Å². The Balaban J connectivity index is 1.34. The Kier molecular flexibility index (Phi) is 9.43. The molecule has 0 bridgehead atoms. The molecular weight excluding hydrogens is 466 g/mol. The standard InChI is InChI=1S/C30H43N3O4/c1-30(2,36-4)21-37-27-9-5-7-24(17-27)25(18-28(34)35-3)20-33-16-14-22(19-33)10-12-26-13-11-23-8-6-15-31-29(23)32-26/h5,7,9,11,13,17,22,25H,6,8,10,12,14-16,18-21H2,1-4H3,(H,31,32)/t22-,25?/m1/s1. The number of rotatable bonds is 12. The third kappa shape index (κ3) is 7.92. The molecule has 202 valence electrons. The zero-order valence-electron chi connectivity index (χ0n) is 22.9. The minimum Gasteiger partial charge on any atom is -0.491 e. The minimum absolute atomic E-state index is 0.0542. The highest BCUT2D eigenvalue weighted by atomic mass is 16.5. The van der Waals surface area contributed by atoms with Crippen LogP contribution in [-0.4, -0.2) is 68.5 Å². The molecule has 1 saturated heterocycles. The van der Waals surface area contributed by atoms with Crippen molar-refractivity contribution in [1.29, 1.82) is 0 Å². The number of nitrogens with one attached hydrogen (secondary N) is 1. The number of hydrogen-bond acceptors (Lipinski definition) is 7. The molecule has 2 atom stereocenters. The SMILES string of the molecule is COC(=O)CC(CN1CC[C@@H](CCc2ccc3c(n2)NCCC3)C1)c1cccc(OCC(C)(C)OC)c1. The Morgan fingerprint density at radius 3 is 2.92 bits per heavy atom. The first-order valence-corrected chi connectivity index (χ1v) is 13.6. The van der Waals surface area contributed by atoms with Gasteiger partial charge < -0.3 is 24.4 Å². The minimum atomic E-state index is -0.364. The van der Waals surface area contributed by atoms with Gasteiger partial charge in [-0.1, -0.05) is 18.2 Å². The lowest BCUT2D eigenvalue weighted by Gasteiger charge is -2.25. The quantitative estimate of drug-likeness (QED) is 0.410. The zero-order chi connectivity index (χ0) is 26.3.